The molecule has 0 unspecified atom stereocenters. The van der Waals surface area contributed by atoms with Crippen molar-refractivity contribution >= 4 is 26.5 Å². The Morgan fingerprint density at radius 2 is 1.79 bits per heavy atom. The minimum atomic E-state index is -3.63. The van der Waals surface area contributed by atoms with Crippen molar-refractivity contribution in [3.05, 3.63) is 90.6 Å². The molecule has 6 heteroatoms. The number of rotatable bonds is 5. The molecule has 0 bridgehead atoms. The highest BCUT2D eigenvalue weighted by Crippen LogP contribution is 2.28. The summed E-state index contributed by atoms with van der Waals surface area (Å²) in [5, 5.41) is 17.4. The monoisotopic (exact) mass is 390 g/mol. The van der Waals surface area contributed by atoms with Crippen molar-refractivity contribution in [1.29, 1.82) is 0 Å². The lowest BCUT2D eigenvalue weighted by molar-refractivity contribution is 0.513. The van der Waals surface area contributed by atoms with Crippen molar-refractivity contribution in [3.63, 3.8) is 0 Å². The third-order valence-electron chi connectivity index (χ3n) is 4.64. The zero-order valence-corrected chi connectivity index (χ0v) is 15.8. The molecule has 0 aliphatic heterocycles. The lowest BCUT2D eigenvalue weighted by Crippen LogP contribution is -2.07. The summed E-state index contributed by atoms with van der Waals surface area (Å²) in [5.41, 5.74) is 3.54. The van der Waals surface area contributed by atoms with Crippen LogP contribution in [0.3, 0.4) is 0 Å². The molecule has 4 aromatic rings. The zero-order valence-electron chi connectivity index (χ0n) is 15.0. The fraction of sp³-hybridized carbons (Fsp3) is 0.0455. The van der Waals surface area contributed by atoms with E-state index in [4.69, 9.17) is 0 Å². The predicted octanol–water partition coefficient (Wildman–Crippen LogP) is 4.73. The first-order valence-electron chi connectivity index (χ1n) is 8.66. The molecule has 0 aliphatic carbocycles. The van der Waals surface area contributed by atoms with Crippen LogP contribution in [0.1, 0.15) is 11.1 Å². The lowest BCUT2D eigenvalue weighted by atomic mass is 9.99. The van der Waals surface area contributed by atoms with Gasteiger partial charge in [0.05, 0.1) is 22.4 Å². The summed E-state index contributed by atoms with van der Waals surface area (Å²) in [6.45, 7) is 3.57. The summed E-state index contributed by atoms with van der Waals surface area (Å²) in [5.74, 6) is -0.401. The Balaban J connectivity index is 1.77. The molecule has 140 valence electrons. The summed E-state index contributed by atoms with van der Waals surface area (Å²) in [6.07, 6.45) is 1.59. The molecular weight excluding hydrogens is 372 g/mol. The van der Waals surface area contributed by atoms with Crippen LogP contribution in [0.2, 0.25) is 0 Å². The van der Waals surface area contributed by atoms with Crippen molar-refractivity contribution < 1.29 is 13.5 Å². The summed E-state index contributed by atoms with van der Waals surface area (Å²) < 4.78 is 26.1. The highest BCUT2D eigenvalue weighted by atomic mass is 32.2. The average molecular weight is 390 g/mol. The molecule has 0 fully saturated rings. The van der Waals surface area contributed by atoms with Crippen LogP contribution in [-0.2, 0) is 15.6 Å². The van der Waals surface area contributed by atoms with E-state index in [2.05, 4.69) is 16.8 Å². The van der Waals surface area contributed by atoms with Crippen LogP contribution in [0, 0.1) is 0 Å². The molecule has 0 amide bonds. The molecule has 28 heavy (non-hydrogen) atoms. The minimum absolute atomic E-state index is 0.157. The van der Waals surface area contributed by atoms with Crippen LogP contribution < -0.4 is 0 Å². The van der Waals surface area contributed by atoms with Crippen LogP contribution in [0.25, 0.3) is 27.8 Å². The van der Waals surface area contributed by atoms with Crippen LogP contribution in [0.15, 0.2) is 84.4 Å². The summed E-state index contributed by atoms with van der Waals surface area (Å²) >= 11 is 0. The van der Waals surface area contributed by atoms with Gasteiger partial charge >= 0.3 is 0 Å². The van der Waals surface area contributed by atoms with Crippen molar-refractivity contribution in [2.45, 2.75) is 10.6 Å². The van der Waals surface area contributed by atoms with Crippen LogP contribution in [0.5, 0.6) is 0 Å². The molecule has 0 aliphatic rings. The summed E-state index contributed by atoms with van der Waals surface area (Å²) in [4.78, 5) is 0.209. The van der Waals surface area contributed by atoms with E-state index < -0.39 is 9.84 Å². The maximum atomic E-state index is 13.0. The Morgan fingerprint density at radius 1 is 1.00 bits per heavy atom. The van der Waals surface area contributed by atoms with Crippen molar-refractivity contribution in [1.82, 2.24) is 10.2 Å². The van der Waals surface area contributed by atoms with Gasteiger partial charge in [0, 0.05) is 10.9 Å². The van der Waals surface area contributed by atoms with E-state index in [1.54, 1.807) is 36.5 Å². The first kappa shape index (κ1) is 18.0. The van der Waals surface area contributed by atoms with Gasteiger partial charge in [-0.05, 0) is 41.0 Å². The standard InChI is InChI=1S/C22H18N2O3S/c1-15(25)21-9-7-17(16-5-3-2-4-6-16)11-19(21)14-28(26,27)20-8-10-22-18(12-20)13-23-24-22/h2-13,25H,1,14H2,(H,23,24). The zero-order chi connectivity index (χ0) is 19.7. The Morgan fingerprint density at radius 3 is 2.54 bits per heavy atom. The van der Waals surface area contributed by atoms with Gasteiger partial charge in [-0.2, -0.15) is 5.10 Å². The maximum absolute atomic E-state index is 13.0. The molecule has 5 nitrogen and oxygen atoms in total. The summed E-state index contributed by atoms with van der Waals surface area (Å²) in [7, 11) is -3.63. The normalized spacial score (nSPS) is 11.6. The molecular formula is C22H18N2O3S. The van der Waals surface area contributed by atoms with E-state index in [0.29, 0.717) is 11.1 Å². The van der Waals surface area contributed by atoms with E-state index in [0.717, 1.165) is 22.0 Å². The van der Waals surface area contributed by atoms with Crippen molar-refractivity contribution in [2.24, 2.45) is 0 Å². The van der Waals surface area contributed by atoms with Crippen LogP contribution in [0.4, 0.5) is 0 Å². The van der Waals surface area contributed by atoms with Gasteiger partial charge < -0.3 is 5.11 Å². The van der Waals surface area contributed by atoms with Gasteiger partial charge in [0.2, 0.25) is 0 Å². The number of aliphatic hydroxyl groups is 1. The van der Waals surface area contributed by atoms with E-state index in [1.807, 2.05) is 36.4 Å². The Bertz CT molecular complexity index is 1280. The second-order valence-electron chi connectivity index (χ2n) is 6.56. The van der Waals surface area contributed by atoms with E-state index >= 15 is 0 Å². The third-order valence-corrected chi connectivity index (χ3v) is 6.30. The predicted molar refractivity (Wildman–Crippen MR) is 111 cm³/mol. The number of benzene rings is 3. The van der Waals surface area contributed by atoms with E-state index in [9.17, 15) is 13.5 Å². The molecule has 0 atom stereocenters. The number of nitrogens with zero attached hydrogens (tertiary/aromatic N) is 1. The Hall–Kier alpha value is -3.38. The molecule has 0 radical (unpaired) electrons. The number of aromatic nitrogens is 2. The van der Waals surface area contributed by atoms with Crippen LogP contribution >= 0.6 is 0 Å². The smallest absolute Gasteiger partial charge is 0.182 e. The molecule has 4 rings (SSSR count). The lowest BCUT2D eigenvalue weighted by Gasteiger charge is -2.12. The van der Waals surface area contributed by atoms with Gasteiger partial charge in [0.15, 0.2) is 9.84 Å². The first-order chi connectivity index (χ1) is 13.4. The highest BCUT2D eigenvalue weighted by molar-refractivity contribution is 7.90. The molecule has 1 aromatic heterocycles. The maximum Gasteiger partial charge on any atom is 0.182 e. The van der Waals surface area contributed by atoms with Crippen molar-refractivity contribution in [3.8, 4) is 11.1 Å². The number of aromatic amines is 1. The Kier molecular flexibility index (Phi) is 4.49. The Labute approximate surface area is 162 Å². The van der Waals surface area contributed by atoms with Gasteiger partial charge in [-0.25, -0.2) is 8.42 Å². The molecule has 1 heterocycles. The molecule has 0 spiro atoms. The second kappa shape index (κ2) is 6.98. The van der Waals surface area contributed by atoms with Gasteiger partial charge in [-0.1, -0.05) is 49.0 Å². The van der Waals surface area contributed by atoms with E-state index in [1.165, 1.54) is 0 Å². The topological polar surface area (TPSA) is 83.0 Å². The number of fused-ring (bicyclic) bond motifs is 1. The number of aliphatic hydroxyl groups excluding tert-OH is 1. The fourth-order valence-corrected chi connectivity index (χ4v) is 4.60. The van der Waals surface area contributed by atoms with Gasteiger partial charge in [-0.15, -0.1) is 0 Å². The highest BCUT2D eigenvalue weighted by Gasteiger charge is 2.19. The van der Waals surface area contributed by atoms with Gasteiger partial charge in [0.25, 0.3) is 0 Å². The number of nitrogens with one attached hydrogen (secondary N) is 1. The molecule has 3 aromatic carbocycles. The second-order valence-corrected chi connectivity index (χ2v) is 8.55. The minimum Gasteiger partial charge on any atom is -0.508 e. The number of sulfone groups is 1. The van der Waals surface area contributed by atoms with Gasteiger partial charge in [0.1, 0.15) is 5.76 Å². The van der Waals surface area contributed by atoms with Crippen LogP contribution in [-0.4, -0.2) is 23.7 Å². The number of hydrogen-bond donors (Lipinski definition) is 2. The summed E-state index contributed by atoms with van der Waals surface area (Å²) in [6, 6.07) is 19.9. The van der Waals surface area contributed by atoms with Crippen molar-refractivity contribution in [2.75, 3.05) is 0 Å². The molecule has 0 saturated heterocycles. The quantitative estimate of drug-likeness (QED) is 0.483. The third kappa shape index (κ3) is 3.42. The van der Waals surface area contributed by atoms with E-state index in [-0.39, 0.29) is 16.4 Å². The molecule has 2 N–H and O–H groups in total. The van der Waals surface area contributed by atoms with Gasteiger partial charge in [-0.3, -0.25) is 5.10 Å². The largest absolute Gasteiger partial charge is 0.508 e. The number of hydrogen-bond acceptors (Lipinski definition) is 4. The average Bonchev–Trinajstić information content (AvgIpc) is 3.16. The molecule has 0 saturated carbocycles. The SMILES string of the molecule is C=C(O)c1ccc(-c2ccccc2)cc1CS(=O)(=O)c1ccc2[nH]ncc2c1. The number of H-pyrrole nitrogens is 1. The fourth-order valence-electron chi connectivity index (χ4n) is 3.21. The first-order valence-corrected chi connectivity index (χ1v) is 10.3.